The molecule has 96 valence electrons. The van der Waals surface area contributed by atoms with Gasteiger partial charge in [-0.05, 0) is 13.0 Å². The summed E-state index contributed by atoms with van der Waals surface area (Å²) in [6, 6.07) is 1.69. The molecular weight excluding hydrogens is 252 g/mol. The topological polar surface area (TPSA) is 80.0 Å². The van der Waals surface area contributed by atoms with Crippen LogP contribution < -0.4 is 5.32 Å². The predicted octanol–water partition coefficient (Wildman–Crippen LogP) is 1.35. The van der Waals surface area contributed by atoms with Gasteiger partial charge in [0.2, 0.25) is 0 Å². The second kappa shape index (κ2) is 5.74. The van der Waals surface area contributed by atoms with Crippen LogP contribution in [0.2, 0.25) is 0 Å². The number of nitrogens with one attached hydrogen (secondary N) is 1. The second-order valence-corrected chi connectivity index (χ2v) is 4.74. The zero-order valence-electron chi connectivity index (χ0n) is 9.96. The van der Waals surface area contributed by atoms with Crippen molar-refractivity contribution in [3.8, 4) is 0 Å². The van der Waals surface area contributed by atoms with Crippen molar-refractivity contribution in [2.45, 2.75) is 26.6 Å². The van der Waals surface area contributed by atoms with E-state index in [-0.39, 0.29) is 0 Å². The Labute approximate surface area is 108 Å². The van der Waals surface area contributed by atoms with E-state index < -0.39 is 5.97 Å². The van der Waals surface area contributed by atoms with Gasteiger partial charge >= 0.3 is 5.97 Å². The molecule has 0 bridgehead atoms. The maximum atomic E-state index is 10.7. The van der Waals surface area contributed by atoms with Crippen molar-refractivity contribution in [1.29, 1.82) is 0 Å². The monoisotopic (exact) mass is 266 g/mol. The SMILES string of the molecule is CCn1cnnc1CNCc1cc(C(=O)O)cs1. The molecule has 0 spiro atoms. The third kappa shape index (κ3) is 2.93. The molecule has 0 saturated heterocycles. The fourth-order valence-electron chi connectivity index (χ4n) is 1.56. The molecule has 2 aromatic heterocycles. The normalized spacial score (nSPS) is 10.7. The molecule has 2 heterocycles. The highest BCUT2D eigenvalue weighted by Crippen LogP contribution is 2.14. The highest BCUT2D eigenvalue weighted by molar-refractivity contribution is 7.10. The Morgan fingerprint density at radius 3 is 3.06 bits per heavy atom. The van der Waals surface area contributed by atoms with Gasteiger partial charge in [-0.15, -0.1) is 21.5 Å². The zero-order valence-corrected chi connectivity index (χ0v) is 10.8. The Morgan fingerprint density at radius 2 is 2.39 bits per heavy atom. The first kappa shape index (κ1) is 12.7. The number of thiophene rings is 1. The minimum atomic E-state index is -0.886. The molecule has 2 rings (SSSR count). The van der Waals surface area contributed by atoms with E-state index in [1.807, 2.05) is 11.5 Å². The van der Waals surface area contributed by atoms with Gasteiger partial charge < -0.3 is 15.0 Å². The molecule has 0 fully saturated rings. The molecular formula is C11H14N4O2S. The number of carboxylic acids is 1. The standard InChI is InChI=1S/C11H14N4O2S/c1-2-15-7-13-14-10(15)5-12-4-9-3-8(6-18-9)11(16)17/h3,6-7,12H,2,4-5H2,1H3,(H,16,17). The fraction of sp³-hybridized carbons (Fsp3) is 0.364. The van der Waals surface area contributed by atoms with Gasteiger partial charge in [-0.25, -0.2) is 4.79 Å². The summed E-state index contributed by atoms with van der Waals surface area (Å²) in [6.45, 7) is 4.13. The summed E-state index contributed by atoms with van der Waals surface area (Å²) < 4.78 is 1.96. The largest absolute Gasteiger partial charge is 0.478 e. The summed E-state index contributed by atoms with van der Waals surface area (Å²) in [5.41, 5.74) is 0.341. The van der Waals surface area contributed by atoms with E-state index >= 15 is 0 Å². The van der Waals surface area contributed by atoms with Crippen LogP contribution in [0.1, 0.15) is 28.0 Å². The number of aryl methyl sites for hydroxylation is 1. The first-order valence-corrected chi connectivity index (χ1v) is 6.46. The van der Waals surface area contributed by atoms with Crippen LogP contribution in [0.3, 0.4) is 0 Å². The van der Waals surface area contributed by atoms with E-state index in [4.69, 9.17) is 5.11 Å². The lowest BCUT2D eigenvalue weighted by atomic mass is 10.3. The minimum Gasteiger partial charge on any atom is -0.478 e. The number of aromatic nitrogens is 3. The first-order chi connectivity index (χ1) is 8.70. The quantitative estimate of drug-likeness (QED) is 0.825. The molecule has 0 radical (unpaired) electrons. The van der Waals surface area contributed by atoms with Crippen molar-refractivity contribution in [1.82, 2.24) is 20.1 Å². The summed E-state index contributed by atoms with van der Waals surface area (Å²) in [5.74, 6) is -0.00394. The Morgan fingerprint density at radius 1 is 1.56 bits per heavy atom. The molecule has 2 N–H and O–H groups in total. The van der Waals surface area contributed by atoms with Crippen molar-refractivity contribution >= 4 is 17.3 Å². The Bertz CT molecular complexity index is 535. The molecule has 0 aliphatic heterocycles. The number of carboxylic acid groups (broad SMARTS) is 1. The number of aromatic carboxylic acids is 1. The highest BCUT2D eigenvalue weighted by atomic mass is 32.1. The average molecular weight is 266 g/mol. The van der Waals surface area contributed by atoms with Crippen molar-refractivity contribution in [2.24, 2.45) is 0 Å². The van der Waals surface area contributed by atoms with Gasteiger partial charge in [-0.3, -0.25) is 0 Å². The molecule has 0 atom stereocenters. The summed E-state index contributed by atoms with van der Waals surface area (Å²) in [6.07, 6.45) is 1.70. The van der Waals surface area contributed by atoms with E-state index in [0.29, 0.717) is 18.7 Å². The molecule has 0 amide bonds. The zero-order chi connectivity index (χ0) is 13.0. The van der Waals surface area contributed by atoms with Crippen LogP contribution >= 0.6 is 11.3 Å². The van der Waals surface area contributed by atoms with Gasteiger partial charge in [-0.2, -0.15) is 0 Å². The summed E-state index contributed by atoms with van der Waals surface area (Å²) in [5, 5.41) is 21.5. The van der Waals surface area contributed by atoms with Crippen molar-refractivity contribution in [3.63, 3.8) is 0 Å². The maximum absolute atomic E-state index is 10.7. The maximum Gasteiger partial charge on any atom is 0.336 e. The van der Waals surface area contributed by atoms with Crippen LogP contribution in [0.15, 0.2) is 17.8 Å². The van der Waals surface area contributed by atoms with Crippen molar-refractivity contribution < 1.29 is 9.90 Å². The van der Waals surface area contributed by atoms with Gasteiger partial charge in [-0.1, -0.05) is 0 Å². The van der Waals surface area contributed by atoms with E-state index in [0.717, 1.165) is 17.2 Å². The van der Waals surface area contributed by atoms with Crippen molar-refractivity contribution in [2.75, 3.05) is 0 Å². The molecule has 0 saturated carbocycles. The van der Waals surface area contributed by atoms with E-state index in [9.17, 15) is 4.79 Å². The van der Waals surface area contributed by atoms with Gasteiger partial charge in [0.1, 0.15) is 12.2 Å². The van der Waals surface area contributed by atoms with Crippen LogP contribution in [0.4, 0.5) is 0 Å². The molecule has 2 aromatic rings. The number of hydrogen-bond donors (Lipinski definition) is 2. The molecule has 6 nitrogen and oxygen atoms in total. The van der Waals surface area contributed by atoms with Crippen LogP contribution in [0, 0.1) is 0 Å². The predicted molar refractivity (Wildman–Crippen MR) is 67.5 cm³/mol. The van der Waals surface area contributed by atoms with Crippen LogP contribution in [0.5, 0.6) is 0 Å². The average Bonchev–Trinajstić information content (AvgIpc) is 2.97. The lowest BCUT2D eigenvalue weighted by molar-refractivity contribution is 0.0697. The number of carbonyl (C=O) groups is 1. The van der Waals surface area contributed by atoms with Gasteiger partial charge in [0.25, 0.3) is 0 Å². The minimum absolute atomic E-state index is 0.341. The Hall–Kier alpha value is -1.73. The molecule has 0 aliphatic rings. The summed E-state index contributed by atoms with van der Waals surface area (Å²) in [4.78, 5) is 11.7. The molecule has 0 unspecified atom stereocenters. The van der Waals surface area contributed by atoms with Crippen LogP contribution in [0.25, 0.3) is 0 Å². The lowest BCUT2D eigenvalue weighted by Crippen LogP contribution is -2.15. The smallest absolute Gasteiger partial charge is 0.336 e. The number of rotatable bonds is 6. The Kier molecular flexibility index (Phi) is 4.06. The molecule has 0 aliphatic carbocycles. The lowest BCUT2D eigenvalue weighted by Gasteiger charge is -2.04. The first-order valence-electron chi connectivity index (χ1n) is 5.58. The fourth-order valence-corrected chi connectivity index (χ4v) is 2.39. The van der Waals surface area contributed by atoms with Gasteiger partial charge in [0.05, 0.1) is 12.1 Å². The third-order valence-corrected chi connectivity index (χ3v) is 3.46. The molecule has 18 heavy (non-hydrogen) atoms. The number of hydrogen-bond acceptors (Lipinski definition) is 5. The van der Waals surface area contributed by atoms with Crippen molar-refractivity contribution in [3.05, 3.63) is 34.0 Å². The Balaban J connectivity index is 1.86. The third-order valence-electron chi connectivity index (χ3n) is 2.52. The number of nitrogens with zero attached hydrogens (tertiary/aromatic N) is 3. The van der Waals surface area contributed by atoms with Gasteiger partial charge in [0.15, 0.2) is 0 Å². The van der Waals surface area contributed by atoms with E-state index in [2.05, 4.69) is 15.5 Å². The van der Waals surface area contributed by atoms with E-state index in [1.165, 1.54) is 11.3 Å². The summed E-state index contributed by atoms with van der Waals surface area (Å²) in [7, 11) is 0. The molecule has 0 aromatic carbocycles. The molecule has 7 heteroatoms. The van der Waals surface area contributed by atoms with Crippen LogP contribution in [-0.2, 0) is 19.6 Å². The van der Waals surface area contributed by atoms with Gasteiger partial charge in [0, 0.05) is 23.3 Å². The highest BCUT2D eigenvalue weighted by Gasteiger charge is 2.07. The second-order valence-electron chi connectivity index (χ2n) is 3.74. The summed E-state index contributed by atoms with van der Waals surface area (Å²) >= 11 is 1.44. The van der Waals surface area contributed by atoms with E-state index in [1.54, 1.807) is 17.8 Å². The van der Waals surface area contributed by atoms with Crippen LogP contribution in [-0.4, -0.2) is 25.8 Å².